The third-order valence-corrected chi connectivity index (χ3v) is 4.93. The van der Waals surface area contributed by atoms with Crippen molar-refractivity contribution in [1.29, 1.82) is 0 Å². The summed E-state index contributed by atoms with van der Waals surface area (Å²) in [5.74, 6) is 0. The van der Waals surface area contributed by atoms with Gasteiger partial charge < -0.3 is 14.6 Å². The molecule has 0 bridgehead atoms. The molecule has 2 N–H and O–H groups in total. The van der Waals surface area contributed by atoms with Crippen LogP contribution in [0.1, 0.15) is 84.8 Å². The third kappa shape index (κ3) is 10.5. The smallest absolute Gasteiger partial charge is 0.0960 e. The zero-order valence-electron chi connectivity index (χ0n) is 18.2. The van der Waals surface area contributed by atoms with Gasteiger partial charge >= 0.3 is 0 Å². The van der Waals surface area contributed by atoms with Gasteiger partial charge in [0.2, 0.25) is 0 Å². The number of allylic oxidation sites excluding steroid dienone is 5. The highest BCUT2D eigenvalue weighted by Gasteiger charge is 2.09. The summed E-state index contributed by atoms with van der Waals surface area (Å²) < 4.78 is 4.99. The number of hydrogen-bond acceptors (Lipinski definition) is 3. The van der Waals surface area contributed by atoms with Crippen molar-refractivity contribution in [3.05, 3.63) is 70.8 Å². The summed E-state index contributed by atoms with van der Waals surface area (Å²) in [6.45, 7) is 10.5. The van der Waals surface area contributed by atoms with Gasteiger partial charge in [-0.2, -0.15) is 0 Å². The van der Waals surface area contributed by atoms with E-state index in [-0.39, 0.29) is 0 Å². The summed E-state index contributed by atoms with van der Waals surface area (Å²) >= 11 is 0. The van der Waals surface area contributed by atoms with E-state index < -0.39 is 12.2 Å². The molecule has 0 aliphatic carbocycles. The molecule has 0 unspecified atom stereocenters. The van der Waals surface area contributed by atoms with Crippen molar-refractivity contribution < 1.29 is 14.6 Å². The van der Waals surface area contributed by atoms with Crippen molar-refractivity contribution in [2.75, 3.05) is 0 Å². The summed E-state index contributed by atoms with van der Waals surface area (Å²) in [6.07, 6.45) is 16.0. The molecule has 28 heavy (non-hydrogen) atoms. The number of aliphatic hydroxyl groups is 2. The molecule has 1 heterocycles. The molecule has 156 valence electrons. The minimum absolute atomic E-state index is 0.474. The molecule has 0 aromatic carbocycles. The Morgan fingerprint density at radius 2 is 1.54 bits per heavy atom. The maximum Gasteiger partial charge on any atom is 0.0960 e. The lowest BCUT2D eigenvalue weighted by Crippen LogP contribution is -2.07. The first-order valence-corrected chi connectivity index (χ1v) is 10.3. The largest absolute Gasteiger partial charge is 0.472 e. The third-order valence-electron chi connectivity index (χ3n) is 4.93. The molecule has 1 rings (SSSR count). The van der Waals surface area contributed by atoms with Gasteiger partial charge in [-0.05, 0) is 84.8 Å². The van der Waals surface area contributed by atoms with Crippen molar-refractivity contribution in [1.82, 2.24) is 0 Å². The second-order valence-electron chi connectivity index (χ2n) is 7.97. The van der Waals surface area contributed by atoms with Gasteiger partial charge in [0.05, 0.1) is 24.7 Å². The lowest BCUT2D eigenvalue weighted by molar-refractivity contribution is 0.178. The fraction of sp³-hybridized carbons (Fsp3) is 0.520. The summed E-state index contributed by atoms with van der Waals surface area (Å²) in [5.41, 5.74) is 5.78. The topological polar surface area (TPSA) is 53.6 Å². The van der Waals surface area contributed by atoms with Gasteiger partial charge in [0.25, 0.3) is 0 Å². The predicted octanol–water partition coefficient (Wildman–Crippen LogP) is 6.82. The van der Waals surface area contributed by atoms with E-state index >= 15 is 0 Å². The van der Waals surface area contributed by atoms with Crippen LogP contribution >= 0.6 is 0 Å². The second-order valence-corrected chi connectivity index (χ2v) is 7.97. The molecule has 0 saturated heterocycles. The van der Waals surface area contributed by atoms with Gasteiger partial charge in [0.15, 0.2) is 0 Å². The second kappa shape index (κ2) is 13.4. The van der Waals surface area contributed by atoms with Crippen LogP contribution in [0.25, 0.3) is 0 Å². The van der Waals surface area contributed by atoms with E-state index in [1.807, 2.05) is 13.0 Å². The SMILES string of the molecule is CC(C)=CCCC(C)=CCCC(C)=CC[C@@H](O)C(C)=CC[C@H](O)c1ccoc1. The molecule has 0 fully saturated rings. The molecule has 3 heteroatoms. The Morgan fingerprint density at radius 1 is 0.893 bits per heavy atom. The average Bonchev–Trinajstić information content (AvgIpc) is 3.18. The molecule has 0 spiro atoms. The zero-order valence-corrected chi connectivity index (χ0v) is 18.2. The van der Waals surface area contributed by atoms with Crippen LogP contribution in [0.3, 0.4) is 0 Å². The Kier molecular flexibility index (Phi) is 11.5. The first-order chi connectivity index (χ1) is 13.3. The Labute approximate surface area is 171 Å². The Balaban J connectivity index is 2.36. The molecule has 0 amide bonds. The Morgan fingerprint density at radius 3 is 2.14 bits per heavy atom. The van der Waals surface area contributed by atoms with E-state index in [4.69, 9.17) is 4.42 Å². The molecule has 1 aromatic heterocycles. The van der Waals surface area contributed by atoms with E-state index in [1.54, 1.807) is 18.6 Å². The quantitative estimate of drug-likeness (QED) is 0.388. The molecule has 0 aliphatic rings. The Hall–Kier alpha value is -1.84. The van der Waals surface area contributed by atoms with Crippen molar-refractivity contribution in [3.8, 4) is 0 Å². The number of hydrogen-bond donors (Lipinski definition) is 2. The molecule has 0 aliphatic heterocycles. The highest BCUT2D eigenvalue weighted by Crippen LogP contribution is 2.20. The van der Waals surface area contributed by atoms with E-state index in [9.17, 15) is 10.2 Å². The number of furan rings is 1. The fourth-order valence-electron chi connectivity index (χ4n) is 2.87. The lowest BCUT2D eigenvalue weighted by atomic mass is 10.0. The minimum atomic E-state index is -0.593. The molecule has 0 saturated carbocycles. The van der Waals surface area contributed by atoms with E-state index in [0.29, 0.717) is 12.8 Å². The van der Waals surface area contributed by atoms with Crippen LogP contribution in [0.5, 0.6) is 0 Å². The highest BCUT2D eigenvalue weighted by molar-refractivity contribution is 5.14. The van der Waals surface area contributed by atoms with Crippen LogP contribution in [0, 0.1) is 0 Å². The standard InChI is InChI=1S/C25H38O3/c1-19(2)8-6-9-20(3)10-7-11-21(4)12-14-24(26)22(5)13-15-25(27)23-16-17-28-18-23/h8,10,12-13,16-18,24-27H,6-7,9,11,14-15H2,1-5H3/t24-,25+/m1/s1. The van der Waals surface area contributed by atoms with Crippen molar-refractivity contribution in [2.24, 2.45) is 0 Å². The van der Waals surface area contributed by atoms with Gasteiger partial charge in [0.1, 0.15) is 0 Å². The highest BCUT2D eigenvalue weighted by atomic mass is 16.3. The normalized spacial score (nSPS) is 15.5. The lowest BCUT2D eigenvalue weighted by Gasteiger charge is -2.11. The van der Waals surface area contributed by atoms with Crippen molar-refractivity contribution in [3.63, 3.8) is 0 Å². The van der Waals surface area contributed by atoms with Gasteiger partial charge in [-0.1, -0.05) is 41.0 Å². The fourth-order valence-corrected chi connectivity index (χ4v) is 2.87. The predicted molar refractivity (Wildman–Crippen MR) is 118 cm³/mol. The molecular formula is C25H38O3. The number of aliphatic hydroxyl groups excluding tert-OH is 2. The minimum Gasteiger partial charge on any atom is -0.472 e. The van der Waals surface area contributed by atoms with Gasteiger partial charge in [-0.15, -0.1) is 0 Å². The van der Waals surface area contributed by atoms with Crippen LogP contribution < -0.4 is 0 Å². The maximum absolute atomic E-state index is 10.3. The zero-order chi connectivity index (χ0) is 20.9. The Bertz CT molecular complexity index is 671. The van der Waals surface area contributed by atoms with Gasteiger partial charge in [-0.25, -0.2) is 0 Å². The van der Waals surface area contributed by atoms with E-state index in [0.717, 1.165) is 36.8 Å². The van der Waals surface area contributed by atoms with Crippen molar-refractivity contribution >= 4 is 0 Å². The van der Waals surface area contributed by atoms with Crippen LogP contribution in [0.2, 0.25) is 0 Å². The van der Waals surface area contributed by atoms with Gasteiger partial charge in [-0.3, -0.25) is 0 Å². The summed E-state index contributed by atoms with van der Waals surface area (Å²) in [4.78, 5) is 0. The summed E-state index contributed by atoms with van der Waals surface area (Å²) in [7, 11) is 0. The molecule has 1 aromatic rings. The van der Waals surface area contributed by atoms with Crippen LogP contribution in [-0.4, -0.2) is 16.3 Å². The van der Waals surface area contributed by atoms with E-state index in [2.05, 4.69) is 45.9 Å². The van der Waals surface area contributed by atoms with Crippen molar-refractivity contribution in [2.45, 2.75) is 85.4 Å². The summed E-state index contributed by atoms with van der Waals surface area (Å²) in [5, 5.41) is 20.4. The molecule has 0 radical (unpaired) electrons. The molecule has 2 atom stereocenters. The summed E-state index contributed by atoms with van der Waals surface area (Å²) in [6, 6.07) is 1.76. The monoisotopic (exact) mass is 386 g/mol. The maximum atomic E-state index is 10.3. The van der Waals surface area contributed by atoms with Crippen LogP contribution in [0.15, 0.2) is 69.6 Å². The first-order valence-electron chi connectivity index (χ1n) is 10.3. The molecular weight excluding hydrogens is 348 g/mol. The van der Waals surface area contributed by atoms with Crippen LogP contribution in [0.4, 0.5) is 0 Å². The number of rotatable bonds is 12. The van der Waals surface area contributed by atoms with Gasteiger partial charge in [0, 0.05) is 5.56 Å². The molecule has 3 nitrogen and oxygen atoms in total. The average molecular weight is 387 g/mol. The van der Waals surface area contributed by atoms with Crippen LogP contribution in [-0.2, 0) is 0 Å². The first kappa shape index (κ1) is 24.2. The van der Waals surface area contributed by atoms with E-state index in [1.165, 1.54) is 16.7 Å².